The summed E-state index contributed by atoms with van der Waals surface area (Å²) in [6.07, 6.45) is 9.55. The molecule has 1 atom stereocenters. The minimum absolute atomic E-state index is 0.0723. The van der Waals surface area contributed by atoms with Crippen LogP contribution < -0.4 is 19.7 Å². The molecule has 1 saturated carbocycles. The second kappa shape index (κ2) is 11.5. The van der Waals surface area contributed by atoms with Crippen LogP contribution in [0.3, 0.4) is 0 Å². The molecule has 4 rings (SSSR count). The van der Waals surface area contributed by atoms with Gasteiger partial charge in [0.2, 0.25) is 5.91 Å². The third-order valence-electron chi connectivity index (χ3n) is 6.22. The van der Waals surface area contributed by atoms with Crippen LogP contribution in [0.4, 0.5) is 5.69 Å². The molecule has 1 heterocycles. The molecule has 2 amide bonds. The van der Waals surface area contributed by atoms with E-state index < -0.39 is 11.9 Å². The largest absolute Gasteiger partial charge is 0.493 e. The molecule has 0 saturated heterocycles. The average molecular weight is 475 g/mol. The predicted octanol–water partition coefficient (Wildman–Crippen LogP) is 4.33. The van der Waals surface area contributed by atoms with Crippen LogP contribution in [-0.4, -0.2) is 42.0 Å². The van der Waals surface area contributed by atoms with Gasteiger partial charge in [0.05, 0.1) is 20.4 Å². The number of rotatable bonds is 8. The molecule has 1 aromatic heterocycles. The zero-order valence-electron chi connectivity index (χ0n) is 20.0. The third-order valence-corrected chi connectivity index (χ3v) is 6.22. The van der Waals surface area contributed by atoms with Crippen LogP contribution in [0.1, 0.15) is 54.2 Å². The van der Waals surface area contributed by atoms with E-state index in [1.54, 1.807) is 44.6 Å². The summed E-state index contributed by atoms with van der Waals surface area (Å²) in [5.41, 5.74) is 1.31. The summed E-state index contributed by atoms with van der Waals surface area (Å²) in [7, 11) is 3.09. The SMILES string of the molecule is COc1ccc([C@@H](C(=O)NC2CCCCC2)N(C(=O)c2cnccn2)c2ccccc2)cc1OC. The lowest BCUT2D eigenvalue weighted by atomic mass is 9.94. The van der Waals surface area contributed by atoms with Gasteiger partial charge in [-0.3, -0.25) is 19.5 Å². The minimum atomic E-state index is -0.964. The van der Waals surface area contributed by atoms with Crippen molar-refractivity contribution in [2.45, 2.75) is 44.2 Å². The molecule has 2 aromatic carbocycles. The maximum absolute atomic E-state index is 13.9. The molecule has 1 N–H and O–H groups in total. The Labute approximate surface area is 205 Å². The molecule has 1 aliphatic rings. The van der Waals surface area contributed by atoms with Gasteiger partial charge in [0, 0.05) is 24.1 Å². The Morgan fingerprint density at radius 3 is 2.37 bits per heavy atom. The summed E-state index contributed by atoms with van der Waals surface area (Å²) < 4.78 is 10.9. The maximum atomic E-state index is 13.9. The van der Waals surface area contributed by atoms with Crippen molar-refractivity contribution in [2.24, 2.45) is 0 Å². The number of hydrogen-bond acceptors (Lipinski definition) is 6. The fourth-order valence-corrected chi connectivity index (χ4v) is 4.47. The van der Waals surface area contributed by atoms with Gasteiger partial charge in [-0.25, -0.2) is 4.98 Å². The van der Waals surface area contributed by atoms with Gasteiger partial charge < -0.3 is 14.8 Å². The highest BCUT2D eigenvalue weighted by Crippen LogP contribution is 2.35. The standard InChI is InChI=1S/C27H30N4O4/c1-34-23-14-13-19(17-24(23)35-2)25(26(32)30-20-9-5-3-6-10-20)31(21-11-7-4-8-12-21)27(33)22-18-28-15-16-29-22/h4,7-8,11-18,20,25H,3,5-6,9-10H2,1-2H3,(H,30,32)/t25-/m0/s1. The molecule has 8 nitrogen and oxygen atoms in total. The number of methoxy groups -OCH3 is 2. The summed E-state index contributed by atoms with van der Waals surface area (Å²) in [5, 5.41) is 3.20. The Morgan fingerprint density at radius 1 is 0.971 bits per heavy atom. The minimum Gasteiger partial charge on any atom is -0.493 e. The molecule has 0 unspecified atom stereocenters. The van der Waals surface area contributed by atoms with E-state index in [0.29, 0.717) is 22.7 Å². The Hall–Kier alpha value is -3.94. The average Bonchev–Trinajstić information content (AvgIpc) is 2.92. The molecule has 0 bridgehead atoms. The van der Waals surface area contributed by atoms with E-state index in [2.05, 4.69) is 15.3 Å². The number of amides is 2. The summed E-state index contributed by atoms with van der Waals surface area (Å²) >= 11 is 0. The molecule has 0 aliphatic heterocycles. The number of benzene rings is 2. The molecule has 1 aliphatic carbocycles. The predicted molar refractivity (Wildman–Crippen MR) is 133 cm³/mol. The first-order valence-corrected chi connectivity index (χ1v) is 11.8. The van der Waals surface area contributed by atoms with Crippen LogP contribution in [-0.2, 0) is 4.79 Å². The number of anilines is 1. The van der Waals surface area contributed by atoms with Gasteiger partial charge in [0.25, 0.3) is 5.91 Å². The van der Waals surface area contributed by atoms with E-state index in [-0.39, 0.29) is 17.6 Å². The van der Waals surface area contributed by atoms with Crippen LogP contribution in [0.25, 0.3) is 0 Å². The van der Waals surface area contributed by atoms with Crippen molar-refractivity contribution in [3.05, 3.63) is 78.4 Å². The van der Waals surface area contributed by atoms with Gasteiger partial charge in [-0.15, -0.1) is 0 Å². The van der Waals surface area contributed by atoms with Gasteiger partial charge in [0.1, 0.15) is 11.7 Å². The van der Waals surface area contributed by atoms with E-state index in [1.807, 2.05) is 18.2 Å². The molecular weight excluding hydrogens is 444 g/mol. The Morgan fingerprint density at radius 2 is 1.71 bits per heavy atom. The molecule has 8 heteroatoms. The molecular formula is C27H30N4O4. The number of nitrogens with one attached hydrogen (secondary N) is 1. The van der Waals surface area contributed by atoms with E-state index >= 15 is 0 Å². The normalized spacial score (nSPS) is 14.6. The highest BCUT2D eigenvalue weighted by atomic mass is 16.5. The fourth-order valence-electron chi connectivity index (χ4n) is 4.47. The van der Waals surface area contributed by atoms with Gasteiger partial charge in [-0.2, -0.15) is 0 Å². The van der Waals surface area contributed by atoms with Gasteiger partial charge in [0.15, 0.2) is 11.5 Å². The lowest BCUT2D eigenvalue weighted by Crippen LogP contribution is -2.47. The second-order valence-electron chi connectivity index (χ2n) is 8.46. The molecule has 1 fully saturated rings. The number of carbonyl (C=O) groups is 2. The number of carbonyl (C=O) groups excluding carboxylic acids is 2. The second-order valence-corrected chi connectivity index (χ2v) is 8.46. The zero-order chi connectivity index (χ0) is 24.6. The number of hydrogen-bond donors (Lipinski definition) is 1. The Kier molecular flexibility index (Phi) is 7.92. The smallest absolute Gasteiger partial charge is 0.279 e. The first kappa shape index (κ1) is 24.2. The van der Waals surface area contributed by atoms with E-state index in [1.165, 1.54) is 29.9 Å². The van der Waals surface area contributed by atoms with Crippen molar-refractivity contribution in [2.75, 3.05) is 19.1 Å². The molecule has 182 valence electrons. The first-order valence-electron chi connectivity index (χ1n) is 11.8. The Bertz CT molecular complexity index is 1130. The van der Waals surface area contributed by atoms with Gasteiger partial charge in [-0.1, -0.05) is 43.5 Å². The van der Waals surface area contributed by atoms with Crippen LogP contribution >= 0.6 is 0 Å². The van der Waals surface area contributed by atoms with Crippen LogP contribution in [0.15, 0.2) is 67.1 Å². The zero-order valence-corrected chi connectivity index (χ0v) is 20.0. The number of aromatic nitrogens is 2. The molecule has 0 spiro atoms. The number of nitrogens with zero attached hydrogens (tertiary/aromatic N) is 3. The van der Waals surface area contributed by atoms with Crippen molar-refractivity contribution >= 4 is 17.5 Å². The van der Waals surface area contributed by atoms with E-state index in [0.717, 1.165) is 25.7 Å². The van der Waals surface area contributed by atoms with Crippen LogP contribution in [0.2, 0.25) is 0 Å². The number of para-hydroxylation sites is 1. The van der Waals surface area contributed by atoms with Crippen LogP contribution in [0, 0.1) is 0 Å². The highest BCUT2D eigenvalue weighted by molar-refractivity contribution is 6.09. The van der Waals surface area contributed by atoms with Crippen LogP contribution in [0.5, 0.6) is 11.5 Å². The van der Waals surface area contributed by atoms with Crippen molar-refractivity contribution < 1.29 is 19.1 Å². The van der Waals surface area contributed by atoms with Crippen molar-refractivity contribution in [3.8, 4) is 11.5 Å². The topological polar surface area (TPSA) is 93.7 Å². The fraction of sp³-hybridized carbons (Fsp3) is 0.333. The van der Waals surface area contributed by atoms with Crippen molar-refractivity contribution in [1.29, 1.82) is 0 Å². The first-order chi connectivity index (χ1) is 17.1. The molecule has 35 heavy (non-hydrogen) atoms. The lowest BCUT2D eigenvalue weighted by Gasteiger charge is -2.33. The van der Waals surface area contributed by atoms with E-state index in [4.69, 9.17) is 9.47 Å². The lowest BCUT2D eigenvalue weighted by molar-refractivity contribution is -0.123. The Balaban J connectivity index is 1.82. The summed E-state index contributed by atoms with van der Waals surface area (Å²) in [5.74, 6) is 0.322. The highest BCUT2D eigenvalue weighted by Gasteiger charge is 2.35. The molecule has 0 radical (unpaired) electrons. The van der Waals surface area contributed by atoms with E-state index in [9.17, 15) is 9.59 Å². The van der Waals surface area contributed by atoms with Crippen molar-refractivity contribution in [3.63, 3.8) is 0 Å². The summed E-state index contributed by atoms with van der Waals surface area (Å²) in [6.45, 7) is 0. The summed E-state index contributed by atoms with van der Waals surface area (Å²) in [6, 6.07) is 13.5. The maximum Gasteiger partial charge on any atom is 0.279 e. The monoisotopic (exact) mass is 474 g/mol. The molecule has 3 aromatic rings. The van der Waals surface area contributed by atoms with Gasteiger partial charge in [-0.05, 0) is 42.7 Å². The van der Waals surface area contributed by atoms with Crippen molar-refractivity contribution in [1.82, 2.24) is 15.3 Å². The van der Waals surface area contributed by atoms with Gasteiger partial charge >= 0.3 is 0 Å². The quantitative estimate of drug-likeness (QED) is 0.522. The number of ether oxygens (including phenoxy) is 2. The third kappa shape index (κ3) is 5.59. The summed E-state index contributed by atoms with van der Waals surface area (Å²) in [4.78, 5) is 37.5.